The molecule has 32 heavy (non-hydrogen) atoms. The SMILES string of the molecule is Cn1ncc(-c2ccc3nnc(NC(=O)c4ccc(F)cc4)cc3c2)c1CN1CCCC1. The Morgan fingerprint density at radius 1 is 1.06 bits per heavy atom. The number of nitrogens with zero attached hydrogens (tertiary/aromatic N) is 5. The first kappa shape index (κ1) is 20.3. The molecule has 5 rings (SSSR count). The van der Waals surface area contributed by atoms with Gasteiger partial charge in [-0.25, -0.2) is 4.39 Å². The molecule has 0 radical (unpaired) electrons. The molecule has 1 aliphatic rings. The highest BCUT2D eigenvalue weighted by Gasteiger charge is 2.18. The van der Waals surface area contributed by atoms with Gasteiger partial charge >= 0.3 is 0 Å². The molecule has 0 bridgehead atoms. The summed E-state index contributed by atoms with van der Waals surface area (Å²) in [4.78, 5) is 14.9. The lowest BCUT2D eigenvalue weighted by molar-refractivity contribution is 0.102. The normalized spacial score (nSPS) is 14.2. The van der Waals surface area contributed by atoms with E-state index in [0.717, 1.165) is 41.7 Å². The molecule has 7 nitrogen and oxygen atoms in total. The Labute approximate surface area is 184 Å². The van der Waals surface area contributed by atoms with Crippen LogP contribution in [0.5, 0.6) is 0 Å². The Morgan fingerprint density at radius 3 is 2.62 bits per heavy atom. The van der Waals surface area contributed by atoms with Crippen LogP contribution in [0.25, 0.3) is 22.0 Å². The molecule has 1 saturated heterocycles. The van der Waals surface area contributed by atoms with E-state index in [0.29, 0.717) is 11.4 Å². The van der Waals surface area contributed by atoms with Gasteiger partial charge < -0.3 is 5.32 Å². The zero-order valence-electron chi connectivity index (χ0n) is 17.8. The Kier molecular flexibility index (Phi) is 5.36. The van der Waals surface area contributed by atoms with Gasteiger partial charge in [-0.05, 0) is 74.0 Å². The topological polar surface area (TPSA) is 75.9 Å². The highest BCUT2D eigenvalue weighted by molar-refractivity contribution is 6.04. The summed E-state index contributed by atoms with van der Waals surface area (Å²) < 4.78 is 15.1. The van der Waals surface area contributed by atoms with Gasteiger partial charge in [-0.15, -0.1) is 10.2 Å². The average Bonchev–Trinajstić information content (AvgIpc) is 3.44. The molecule has 1 N–H and O–H groups in total. The smallest absolute Gasteiger partial charge is 0.256 e. The quantitative estimate of drug-likeness (QED) is 0.518. The second-order valence-electron chi connectivity index (χ2n) is 8.08. The maximum atomic E-state index is 13.1. The Hall–Kier alpha value is -3.65. The molecule has 162 valence electrons. The first-order valence-corrected chi connectivity index (χ1v) is 10.6. The summed E-state index contributed by atoms with van der Waals surface area (Å²) >= 11 is 0. The van der Waals surface area contributed by atoms with Crippen LogP contribution in [0.1, 0.15) is 28.9 Å². The fourth-order valence-corrected chi connectivity index (χ4v) is 4.11. The maximum absolute atomic E-state index is 13.1. The average molecular weight is 430 g/mol. The summed E-state index contributed by atoms with van der Waals surface area (Å²) in [6.07, 6.45) is 4.39. The number of anilines is 1. The van der Waals surface area contributed by atoms with Crippen molar-refractivity contribution in [1.29, 1.82) is 0 Å². The number of aryl methyl sites for hydroxylation is 1. The van der Waals surface area contributed by atoms with Crippen LogP contribution in [-0.4, -0.2) is 43.9 Å². The summed E-state index contributed by atoms with van der Waals surface area (Å²) in [7, 11) is 1.98. The van der Waals surface area contributed by atoms with E-state index in [1.54, 1.807) is 6.07 Å². The number of aromatic nitrogens is 4. The molecule has 0 saturated carbocycles. The van der Waals surface area contributed by atoms with Crippen LogP contribution in [0.15, 0.2) is 54.7 Å². The molecule has 8 heteroatoms. The lowest BCUT2D eigenvalue weighted by Gasteiger charge is -2.16. The van der Waals surface area contributed by atoms with Gasteiger partial charge in [0.25, 0.3) is 5.91 Å². The number of rotatable bonds is 5. The molecular weight excluding hydrogens is 407 g/mol. The van der Waals surface area contributed by atoms with Crippen molar-refractivity contribution in [3.63, 3.8) is 0 Å². The molecule has 0 unspecified atom stereocenters. The fraction of sp³-hybridized carbons (Fsp3) is 0.250. The second kappa shape index (κ2) is 8.47. The largest absolute Gasteiger partial charge is 0.305 e. The van der Waals surface area contributed by atoms with Gasteiger partial charge in [0.05, 0.1) is 17.4 Å². The van der Waals surface area contributed by atoms with Gasteiger partial charge in [0.2, 0.25) is 0 Å². The molecular formula is C24H23FN6O. The molecule has 2 aromatic heterocycles. The monoisotopic (exact) mass is 430 g/mol. The minimum atomic E-state index is -0.390. The number of benzene rings is 2. The third-order valence-electron chi connectivity index (χ3n) is 5.88. The zero-order valence-corrected chi connectivity index (χ0v) is 17.8. The van der Waals surface area contributed by atoms with Crippen LogP contribution in [0.4, 0.5) is 10.2 Å². The number of amides is 1. The Balaban J connectivity index is 1.43. The van der Waals surface area contributed by atoms with Crippen LogP contribution in [0.2, 0.25) is 0 Å². The molecule has 1 fully saturated rings. The van der Waals surface area contributed by atoms with Gasteiger partial charge in [-0.2, -0.15) is 5.10 Å². The summed E-state index contributed by atoms with van der Waals surface area (Å²) in [5.41, 5.74) is 4.40. The van der Waals surface area contributed by atoms with E-state index in [1.165, 1.54) is 42.8 Å². The summed E-state index contributed by atoms with van der Waals surface area (Å²) in [5, 5.41) is 16.4. The van der Waals surface area contributed by atoms with Crippen molar-refractivity contribution in [2.45, 2.75) is 19.4 Å². The van der Waals surface area contributed by atoms with Crippen molar-refractivity contribution in [2.75, 3.05) is 18.4 Å². The van der Waals surface area contributed by atoms with Crippen molar-refractivity contribution in [3.05, 3.63) is 71.8 Å². The third-order valence-corrected chi connectivity index (χ3v) is 5.88. The van der Waals surface area contributed by atoms with Gasteiger partial charge in [0.15, 0.2) is 5.82 Å². The summed E-state index contributed by atoms with van der Waals surface area (Å²) in [6.45, 7) is 3.11. The van der Waals surface area contributed by atoms with E-state index in [2.05, 4.69) is 25.5 Å². The summed E-state index contributed by atoms with van der Waals surface area (Å²) in [5.74, 6) is -0.415. The molecule has 1 amide bonds. The highest BCUT2D eigenvalue weighted by Crippen LogP contribution is 2.28. The van der Waals surface area contributed by atoms with Crippen molar-refractivity contribution >= 4 is 22.6 Å². The van der Waals surface area contributed by atoms with Crippen molar-refractivity contribution in [1.82, 2.24) is 24.9 Å². The molecule has 3 heterocycles. The van der Waals surface area contributed by atoms with Crippen LogP contribution in [0, 0.1) is 5.82 Å². The summed E-state index contributed by atoms with van der Waals surface area (Å²) in [6, 6.07) is 13.2. The van der Waals surface area contributed by atoms with Crippen LogP contribution in [-0.2, 0) is 13.6 Å². The number of hydrogen-bond acceptors (Lipinski definition) is 5. The Bertz CT molecular complexity index is 1280. The van der Waals surface area contributed by atoms with Crippen LogP contribution >= 0.6 is 0 Å². The number of likely N-dealkylation sites (tertiary alicyclic amines) is 1. The number of carbonyl (C=O) groups excluding carboxylic acids is 1. The molecule has 0 spiro atoms. The van der Waals surface area contributed by atoms with Crippen molar-refractivity contribution in [2.24, 2.45) is 7.05 Å². The van der Waals surface area contributed by atoms with Crippen molar-refractivity contribution < 1.29 is 9.18 Å². The van der Waals surface area contributed by atoms with Crippen LogP contribution in [0.3, 0.4) is 0 Å². The van der Waals surface area contributed by atoms with Crippen LogP contribution < -0.4 is 5.32 Å². The first-order valence-electron chi connectivity index (χ1n) is 10.6. The van der Waals surface area contributed by atoms with E-state index in [9.17, 15) is 9.18 Å². The lowest BCUT2D eigenvalue weighted by Crippen LogP contribution is -2.20. The van der Waals surface area contributed by atoms with Gasteiger partial charge in [0.1, 0.15) is 5.82 Å². The second-order valence-corrected chi connectivity index (χ2v) is 8.08. The number of hydrogen-bond donors (Lipinski definition) is 1. The van der Waals surface area contributed by atoms with Gasteiger partial charge in [-0.3, -0.25) is 14.4 Å². The van der Waals surface area contributed by atoms with E-state index in [4.69, 9.17) is 0 Å². The third kappa shape index (κ3) is 4.09. The van der Waals surface area contributed by atoms with Gasteiger partial charge in [0, 0.05) is 30.1 Å². The minimum Gasteiger partial charge on any atom is -0.305 e. The highest BCUT2D eigenvalue weighted by atomic mass is 19.1. The predicted molar refractivity (Wildman–Crippen MR) is 121 cm³/mol. The molecule has 0 atom stereocenters. The molecule has 0 aliphatic carbocycles. The van der Waals surface area contributed by atoms with Crippen molar-refractivity contribution in [3.8, 4) is 11.1 Å². The van der Waals surface area contributed by atoms with E-state index in [1.807, 2.05) is 36.1 Å². The number of nitrogens with one attached hydrogen (secondary N) is 1. The molecule has 1 aliphatic heterocycles. The molecule has 4 aromatic rings. The van der Waals surface area contributed by atoms with E-state index in [-0.39, 0.29) is 11.7 Å². The standard InChI is InChI=1S/C24H23FN6O/c1-30-22(15-31-10-2-3-11-31)20(14-26-30)17-6-9-21-18(12-17)13-23(29-28-21)27-24(32)16-4-7-19(25)8-5-16/h4-9,12-14H,2-3,10-11,15H2,1H3,(H,27,29,32). The number of carbonyl (C=O) groups is 1. The first-order chi connectivity index (χ1) is 15.6. The minimum absolute atomic E-state index is 0.340. The molecule has 2 aromatic carbocycles. The fourth-order valence-electron chi connectivity index (χ4n) is 4.11. The predicted octanol–water partition coefficient (Wildman–Crippen LogP) is 4.02. The zero-order chi connectivity index (χ0) is 22.1. The van der Waals surface area contributed by atoms with E-state index < -0.39 is 0 Å². The van der Waals surface area contributed by atoms with Gasteiger partial charge in [-0.1, -0.05) is 6.07 Å². The lowest BCUT2D eigenvalue weighted by atomic mass is 10.0. The maximum Gasteiger partial charge on any atom is 0.256 e. The van der Waals surface area contributed by atoms with E-state index >= 15 is 0 Å². The number of halogens is 1. The number of fused-ring (bicyclic) bond motifs is 1. The Morgan fingerprint density at radius 2 is 1.84 bits per heavy atom.